The Morgan fingerprint density at radius 2 is 1.88 bits per heavy atom. The van der Waals surface area contributed by atoms with Crippen molar-refractivity contribution in [2.45, 2.75) is 26.4 Å². The molecule has 0 amide bonds. The molecule has 1 N–H and O–H groups in total. The summed E-state index contributed by atoms with van der Waals surface area (Å²) in [6.07, 6.45) is 0. The number of carbonyl (C=O) groups excluding carboxylic acids is 1. The minimum Gasteiger partial charge on any atom is -0.492 e. The summed E-state index contributed by atoms with van der Waals surface area (Å²) < 4.78 is 10.9. The van der Waals surface area contributed by atoms with Crippen LogP contribution in [0.1, 0.15) is 20.8 Å². The van der Waals surface area contributed by atoms with Gasteiger partial charge in [-0.25, -0.2) is 0 Å². The van der Waals surface area contributed by atoms with Crippen LogP contribution >= 0.6 is 24.0 Å². The molecule has 7 heteroatoms. The van der Waals surface area contributed by atoms with Crippen molar-refractivity contribution in [2.75, 3.05) is 33.8 Å². The van der Waals surface area contributed by atoms with Gasteiger partial charge in [0, 0.05) is 14.1 Å². The van der Waals surface area contributed by atoms with Crippen molar-refractivity contribution in [2.24, 2.45) is 4.99 Å². The lowest BCUT2D eigenvalue weighted by Crippen LogP contribution is -2.44. The van der Waals surface area contributed by atoms with Gasteiger partial charge in [-0.3, -0.25) is 9.79 Å². The van der Waals surface area contributed by atoms with Crippen molar-refractivity contribution >= 4 is 35.9 Å². The van der Waals surface area contributed by atoms with Crippen LogP contribution < -0.4 is 10.1 Å². The number of halogens is 1. The number of ether oxygens (including phenoxy) is 2. The van der Waals surface area contributed by atoms with Gasteiger partial charge in [-0.1, -0.05) is 18.2 Å². The van der Waals surface area contributed by atoms with Crippen LogP contribution in [-0.4, -0.2) is 56.2 Å². The van der Waals surface area contributed by atoms with Crippen LogP contribution in [0, 0.1) is 0 Å². The van der Waals surface area contributed by atoms with Gasteiger partial charge in [0.05, 0.1) is 6.54 Å². The van der Waals surface area contributed by atoms with E-state index in [1.54, 1.807) is 7.05 Å². The van der Waals surface area contributed by atoms with E-state index < -0.39 is 5.60 Å². The van der Waals surface area contributed by atoms with E-state index in [1.165, 1.54) is 0 Å². The van der Waals surface area contributed by atoms with Crippen molar-refractivity contribution in [3.8, 4) is 5.75 Å². The topological polar surface area (TPSA) is 63.2 Å². The van der Waals surface area contributed by atoms with Gasteiger partial charge in [-0.15, -0.1) is 24.0 Å². The van der Waals surface area contributed by atoms with E-state index in [4.69, 9.17) is 9.47 Å². The first-order valence-electron chi connectivity index (χ1n) is 7.63. The van der Waals surface area contributed by atoms with Crippen molar-refractivity contribution < 1.29 is 14.3 Å². The van der Waals surface area contributed by atoms with Gasteiger partial charge in [0.1, 0.15) is 24.5 Å². The zero-order chi connectivity index (χ0) is 17.3. The summed E-state index contributed by atoms with van der Waals surface area (Å²) in [7, 11) is 3.56. The maximum atomic E-state index is 11.7. The van der Waals surface area contributed by atoms with E-state index in [-0.39, 0.29) is 36.5 Å². The maximum absolute atomic E-state index is 11.7. The molecule has 0 aliphatic carbocycles. The molecule has 0 radical (unpaired) electrons. The number of guanidine groups is 1. The summed E-state index contributed by atoms with van der Waals surface area (Å²) in [4.78, 5) is 17.8. The molecule has 0 heterocycles. The third-order valence-electron chi connectivity index (χ3n) is 2.82. The molecule has 6 nitrogen and oxygen atoms in total. The molecule has 0 aromatic heterocycles. The minimum atomic E-state index is -0.488. The molecular weight excluding hydrogens is 421 g/mol. The molecule has 0 bridgehead atoms. The molecule has 0 atom stereocenters. The van der Waals surface area contributed by atoms with Crippen molar-refractivity contribution in [3.63, 3.8) is 0 Å². The molecule has 0 fully saturated rings. The zero-order valence-electron chi connectivity index (χ0n) is 15.0. The Hall–Kier alpha value is -1.51. The highest BCUT2D eigenvalue weighted by atomic mass is 127. The average Bonchev–Trinajstić information content (AvgIpc) is 2.47. The van der Waals surface area contributed by atoms with E-state index in [9.17, 15) is 4.79 Å². The molecule has 0 unspecified atom stereocenters. The zero-order valence-corrected chi connectivity index (χ0v) is 17.4. The monoisotopic (exact) mass is 449 g/mol. The summed E-state index contributed by atoms with van der Waals surface area (Å²) >= 11 is 0. The van der Waals surface area contributed by atoms with E-state index in [0.29, 0.717) is 19.1 Å². The number of aliphatic imine (C=N–C) groups is 1. The van der Waals surface area contributed by atoms with E-state index in [0.717, 1.165) is 5.75 Å². The number of nitrogens with zero attached hydrogens (tertiary/aromatic N) is 2. The highest BCUT2D eigenvalue weighted by Crippen LogP contribution is 2.08. The summed E-state index contributed by atoms with van der Waals surface area (Å²) in [5.74, 6) is 1.14. The number of benzene rings is 1. The van der Waals surface area contributed by atoms with Gasteiger partial charge in [0.25, 0.3) is 0 Å². The number of hydrogen-bond acceptors (Lipinski definition) is 4. The number of nitrogens with one attached hydrogen (secondary N) is 1. The van der Waals surface area contributed by atoms with Crippen LogP contribution in [0.4, 0.5) is 0 Å². The van der Waals surface area contributed by atoms with Crippen LogP contribution in [0.25, 0.3) is 0 Å². The number of para-hydroxylation sites is 1. The number of hydrogen-bond donors (Lipinski definition) is 1. The van der Waals surface area contributed by atoms with Gasteiger partial charge in [-0.2, -0.15) is 0 Å². The van der Waals surface area contributed by atoms with Gasteiger partial charge in [0.15, 0.2) is 5.96 Å². The Balaban J connectivity index is 0.00000529. The summed E-state index contributed by atoms with van der Waals surface area (Å²) in [6.45, 7) is 6.76. The Kier molecular flexibility index (Phi) is 10.4. The normalized spacial score (nSPS) is 11.3. The molecule has 0 saturated heterocycles. The van der Waals surface area contributed by atoms with Gasteiger partial charge >= 0.3 is 5.97 Å². The molecule has 1 rings (SSSR count). The first kappa shape index (κ1) is 22.5. The molecule has 0 aliphatic heterocycles. The van der Waals surface area contributed by atoms with Gasteiger partial charge < -0.3 is 19.7 Å². The molecule has 1 aromatic carbocycles. The lowest BCUT2D eigenvalue weighted by molar-refractivity contribution is -0.153. The van der Waals surface area contributed by atoms with Crippen LogP contribution in [-0.2, 0) is 9.53 Å². The maximum Gasteiger partial charge on any atom is 0.325 e. The SMILES string of the molecule is CN=C(NCC(=O)OC(C)(C)C)N(C)CCOc1ccccc1.I. The number of likely N-dealkylation sites (N-methyl/N-ethyl adjacent to an activating group) is 1. The second kappa shape index (κ2) is 11.1. The smallest absolute Gasteiger partial charge is 0.325 e. The standard InChI is InChI=1S/C17H27N3O3.HI/c1-17(2,3)23-15(21)13-19-16(18-4)20(5)11-12-22-14-9-7-6-8-10-14;/h6-10H,11-13H2,1-5H3,(H,18,19);1H. The Morgan fingerprint density at radius 1 is 1.25 bits per heavy atom. The fraction of sp³-hybridized carbons (Fsp3) is 0.529. The average molecular weight is 449 g/mol. The summed E-state index contributed by atoms with van der Waals surface area (Å²) in [5.41, 5.74) is -0.488. The molecule has 136 valence electrons. The summed E-state index contributed by atoms with van der Waals surface area (Å²) in [5, 5.41) is 2.99. The largest absolute Gasteiger partial charge is 0.492 e. The number of carbonyl (C=O) groups is 1. The number of esters is 1. The van der Waals surface area contributed by atoms with Crippen molar-refractivity contribution in [3.05, 3.63) is 30.3 Å². The Labute approximate surface area is 161 Å². The van der Waals surface area contributed by atoms with Crippen molar-refractivity contribution in [1.29, 1.82) is 0 Å². The minimum absolute atomic E-state index is 0. The quantitative estimate of drug-likeness (QED) is 0.313. The molecule has 0 aliphatic rings. The molecule has 0 spiro atoms. The first-order chi connectivity index (χ1) is 10.8. The Morgan fingerprint density at radius 3 is 2.42 bits per heavy atom. The van der Waals surface area contributed by atoms with Crippen LogP contribution in [0.2, 0.25) is 0 Å². The van der Waals surface area contributed by atoms with Gasteiger partial charge in [-0.05, 0) is 32.9 Å². The number of rotatable bonds is 6. The fourth-order valence-corrected chi connectivity index (χ4v) is 1.84. The lowest BCUT2D eigenvalue weighted by Gasteiger charge is -2.23. The third kappa shape index (κ3) is 9.59. The summed E-state index contributed by atoms with van der Waals surface area (Å²) in [6, 6.07) is 9.63. The fourth-order valence-electron chi connectivity index (χ4n) is 1.84. The van der Waals surface area contributed by atoms with Crippen molar-refractivity contribution in [1.82, 2.24) is 10.2 Å². The molecule has 0 saturated carbocycles. The van der Waals surface area contributed by atoms with Crippen LogP contribution in [0.5, 0.6) is 5.75 Å². The molecule has 1 aromatic rings. The highest BCUT2D eigenvalue weighted by molar-refractivity contribution is 14.0. The molecular formula is C17H28IN3O3. The highest BCUT2D eigenvalue weighted by Gasteiger charge is 2.16. The van der Waals surface area contributed by atoms with Crippen LogP contribution in [0.15, 0.2) is 35.3 Å². The molecule has 24 heavy (non-hydrogen) atoms. The Bertz CT molecular complexity index is 516. The third-order valence-corrected chi connectivity index (χ3v) is 2.82. The van der Waals surface area contributed by atoms with E-state index in [1.807, 2.05) is 63.1 Å². The second-order valence-corrected chi connectivity index (χ2v) is 6.07. The predicted octanol–water partition coefficient (Wildman–Crippen LogP) is 2.53. The van der Waals surface area contributed by atoms with Gasteiger partial charge in [0.2, 0.25) is 0 Å². The first-order valence-corrected chi connectivity index (χ1v) is 7.63. The predicted molar refractivity (Wildman–Crippen MR) is 107 cm³/mol. The lowest BCUT2D eigenvalue weighted by atomic mass is 10.2. The second-order valence-electron chi connectivity index (χ2n) is 6.07. The van der Waals surface area contributed by atoms with E-state index in [2.05, 4.69) is 10.3 Å². The van der Waals surface area contributed by atoms with E-state index >= 15 is 0 Å². The van der Waals surface area contributed by atoms with Crippen LogP contribution in [0.3, 0.4) is 0 Å².